The molecule has 0 saturated heterocycles. The molecule has 3 fully saturated rings. The van der Waals surface area contributed by atoms with Crippen molar-refractivity contribution in [2.24, 2.45) is 10.8 Å². The molecule has 2 N–H and O–H groups in total. The average Bonchev–Trinajstić information content (AvgIpc) is 2.86. The van der Waals surface area contributed by atoms with Crippen LogP contribution in [0.15, 0.2) is 0 Å². The molecular weight excluding hydrogens is 200 g/mol. The first-order valence-electron chi connectivity index (χ1n) is 7.06. The molecule has 0 heterocycles. The highest BCUT2D eigenvalue weighted by atomic mass is 16.3. The van der Waals surface area contributed by atoms with Crippen LogP contribution in [0.25, 0.3) is 0 Å². The van der Waals surface area contributed by atoms with Gasteiger partial charge in [-0.05, 0) is 43.9 Å². The highest BCUT2D eigenvalue weighted by Gasteiger charge is 2.59. The third-order valence-corrected chi connectivity index (χ3v) is 5.85. The van der Waals surface area contributed by atoms with Crippen molar-refractivity contribution in [3.8, 4) is 0 Å². The standard InChI is InChI=1S/C14H24O2/c15-11-5-1-2-8-14(11)10-9-13(12(14)16)6-3-4-7-13/h11-12,15-16H,1-10H2. The summed E-state index contributed by atoms with van der Waals surface area (Å²) in [6.45, 7) is 0. The molecule has 0 aromatic heterocycles. The van der Waals surface area contributed by atoms with E-state index in [1.807, 2.05) is 0 Å². The Morgan fingerprint density at radius 2 is 1.44 bits per heavy atom. The summed E-state index contributed by atoms with van der Waals surface area (Å²) in [5.74, 6) is 0. The number of aliphatic hydroxyl groups excluding tert-OH is 2. The summed E-state index contributed by atoms with van der Waals surface area (Å²) >= 11 is 0. The van der Waals surface area contributed by atoms with E-state index in [-0.39, 0.29) is 23.0 Å². The zero-order valence-corrected chi connectivity index (χ0v) is 10.1. The molecular formula is C14H24O2. The van der Waals surface area contributed by atoms with Crippen LogP contribution in [-0.4, -0.2) is 22.4 Å². The molecule has 3 unspecified atom stereocenters. The Morgan fingerprint density at radius 1 is 0.750 bits per heavy atom. The molecule has 3 saturated carbocycles. The van der Waals surface area contributed by atoms with Crippen molar-refractivity contribution >= 4 is 0 Å². The van der Waals surface area contributed by atoms with Crippen LogP contribution in [0, 0.1) is 10.8 Å². The van der Waals surface area contributed by atoms with E-state index in [1.54, 1.807) is 0 Å². The Bertz CT molecular complexity index is 270. The lowest BCUT2D eigenvalue weighted by Gasteiger charge is -2.44. The Hall–Kier alpha value is -0.0800. The van der Waals surface area contributed by atoms with E-state index in [0.717, 1.165) is 32.1 Å². The SMILES string of the molecule is OC1CCCCC12CCC1(CCCC1)C2O. The third kappa shape index (κ3) is 1.32. The normalized spacial score (nSPS) is 46.9. The molecule has 3 rings (SSSR count). The second-order valence-electron chi connectivity index (χ2n) is 6.47. The Balaban J connectivity index is 1.87. The van der Waals surface area contributed by atoms with E-state index in [4.69, 9.17) is 0 Å². The predicted molar refractivity (Wildman–Crippen MR) is 63.0 cm³/mol. The van der Waals surface area contributed by atoms with E-state index in [9.17, 15) is 10.2 Å². The molecule has 0 amide bonds. The molecule has 0 aromatic carbocycles. The largest absolute Gasteiger partial charge is 0.392 e. The zero-order chi connectivity index (χ0) is 11.2. The van der Waals surface area contributed by atoms with Crippen molar-refractivity contribution in [2.45, 2.75) is 76.4 Å². The molecule has 2 spiro atoms. The zero-order valence-electron chi connectivity index (χ0n) is 10.1. The quantitative estimate of drug-likeness (QED) is 0.664. The molecule has 3 aliphatic carbocycles. The third-order valence-electron chi connectivity index (χ3n) is 5.85. The molecule has 0 aromatic rings. The molecule has 0 aliphatic heterocycles. The molecule has 2 heteroatoms. The van der Waals surface area contributed by atoms with Crippen molar-refractivity contribution in [3.63, 3.8) is 0 Å². The van der Waals surface area contributed by atoms with Gasteiger partial charge in [0, 0.05) is 5.41 Å². The summed E-state index contributed by atoms with van der Waals surface area (Å²) in [6, 6.07) is 0. The van der Waals surface area contributed by atoms with Crippen LogP contribution in [0.1, 0.15) is 64.2 Å². The summed E-state index contributed by atoms with van der Waals surface area (Å²) in [7, 11) is 0. The molecule has 2 nitrogen and oxygen atoms in total. The molecule has 0 bridgehead atoms. The number of aliphatic hydroxyl groups is 2. The fourth-order valence-corrected chi connectivity index (χ4v) is 4.82. The summed E-state index contributed by atoms with van der Waals surface area (Å²) in [4.78, 5) is 0. The van der Waals surface area contributed by atoms with Crippen LogP contribution in [0.2, 0.25) is 0 Å². The lowest BCUT2D eigenvalue weighted by Crippen LogP contribution is -2.48. The fourth-order valence-electron chi connectivity index (χ4n) is 4.82. The highest BCUT2D eigenvalue weighted by Crippen LogP contribution is 2.61. The van der Waals surface area contributed by atoms with E-state index in [2.05, 4.69) is 0 Å². The first-order valence-corrected chi connectivity index (χ1v) is 7.06. The Labute approximate surface area is 98.1 Å². The molecule has 3 atom stereocenters. The van der Waals surface area contributed by atoms with Crippen LogP contribution in [0.3, 0.4) is 0 Å². The van der Waals surface area contributed by atoms with Crippen LogP contribution in [0.5, 0.6) is 0 Å². The summed E-state index contributed by atoms with van der Waals surface area (Å²) in [5, 5.41) is 21.1. The first kappa shape index (κ1) is 11.0. The Kier molecular flexibility index (Phi) is 2.56. The maximum atomic E-state index is 10.8. The summed E-state index contributed by atoms with van der Waals surface area (Å²) < 4.78 is 0. The van der Waals surface area contributed by atoms with E-state index < -0.39 is 0 Å². The van der Waals surface area contributed by atoms with Gasteiger partial charge in [-0.15, -0.1) is 0 Å². The van der Waals surface area contributed by atoms with Crippen molar-refractivity contribution in [3.05, 3.63) is 0 Å². The Morgan fingerprint density at radius 3 is 2.12 bits per heavy atom. The smallest absolute Gasteiger partial charge is 0.0677 e. The number of hydrogen-bond donors (Lipinski definition) is 2. The topological polar surface area (TPSA) is 40.5 Å². The van der Waals surface area contributed by atoms with Gasteiger partial charge in [-0.3, -0.25) is 0 Å². The van der Waals surface area contributed by atoms with Gasteiger partial charge in [-0.1, -0.05) is 25.7 Å². The second kappa shape index (κ2) is 3.71. The molecule has 3 aliphatic rings. The van der Waals surface area contributed by atoms with Gasteiger partial charge in [-0.2, -0.15) is 0 Å². The van der Waals surface area contributed by atoms with Gasteiger partial charge in [0.1, 0.15) is 0 Å². The van der Waals surface area contributed by atoms with Crippen molar-refractivity contribution < 1.29 is 10.2 Å². The number of hydrogen-bond acceptors (Lipinski definition) is 2. The lowest BCUT2D eigenvalue weighted by molar-refractivity contribution is -0.107. The first-order chi connectivity index (χ1) is 7.70. The number of rotatable bonds is 0. The van der Waals surface area contributed by atoms with Gasteiger partial charge < -0.3 is 10.2 Å². The van der Waals surface area contributed by atoms with Gasteiger partial charge >= 0.3 is 0 Å². The monoisotopic (exact) mass is 224 g/mol. The molecule has 92 valence electrons. The minimum Gasteiger partial charge on any atom is -0.392 e. The van der Waals surface area contributed by atoms with Gasteiger partial charge in [-0.25, -0.2) is 0 Å². The van der Waals surface area contributed by atoms with E-state index in [1.165, 1.54) is 32.1 Å². The highest BCUT2D eigenvalue weighted by molar-refractivity contribution is 5.10. The predicted octanol–water partition coefficient (Wildman–Crippen LogP) is 2.62. The van der Waals surface area contributed by atoms with Gasteiger partial charge in [0.15, 0.2) is 0 Å². The van der Waals surface area contributed by atoms with Crippen LogP contribution >= 0.6 is 0 Å². The van der Waals surface area contributed by atoms with Crippen LogP contribution in [0.4, 0.5) is 0 Å². The van der Waals surface area contributed by atoms with Gasteiger partial charge in [0.05, 0.1) is 12.2 Å². The maximum absolute atomic E-state index is 10.8. The van der Waals surface area contributed by atoms with Crippen molar-refractivity contribution in [1.82, 2.24) is 0 Å². The maximum Gasteiger partial charge on any atom is 0.0677 e. The second-order valence-corrected chi connectivity index (χ2v) is 6.47. The summed E-state index contributed by atoms with van der Waals surface area (Å²) in [5.41, 5.74) is 0.0703. The van der Waals surface area contributed by atoms with Crippen LogP contribution < -0.4 is 0 Å². The minimum atomic E-state index is -0.240. The average molecular weight is 224 g/mol. The van der Waals surface area contributed by atoms with E-state index >= 15 is 0 Å². The molecule has 16 heavy (non-hydrogen) atoms. The van der Waals surface area contributed by atoms with E-state index in [0.29, 0.717) is 0 Å². The van der Waals surface area contributed by atoms with Crippen LogP contribution in [-0.2, 0) is 0 Å². The van der Waals surface area contributed by atoms with Gasteiger partial charge in [0.25, 0.3) is 0 Å². The minimum absolute atomic E-state index is 0.122. The summed E-state index contributed by atoms with van der Waals surface area (Å²) in [6.07, 6.45) is 11.0. The van der Waals surface area contributed by atoms with Gasteiger partial charge in [0.2, 0.25) is 0 Å². The fraction of sp³-hybridized carbons (Fsp3) is 1.00. The lowest BCUT2D eigenvalue weighted by atomic mass is 9.66. The van der Waals surface area contributed by atoms with Crippen molar-refractivity contribution in [2.75, 3.05) is 0 Å². The van der Waals surface area contributed by atoms with Crippen molar-refractivity contribution in [1.29, 1.82) is 0 Å². The molecule has 0 radical (unpaired) electrons.